The molecule has 0 aromatic heterocycles. The second-order valence-corrected chi connectivity index (χ2v) is 5.25. The van der Waals surface area contributed by atoms with E-state index in [1.165, 1.54) is 6.07 Å². The predicted octanol–water partition coefficient (Wildman–Crippen LogP) is 1.17. The monoisotopic (exact) mass is 294 g/mol. The molecule has 2 N–H and O–H groups in total. The molecule has 6 heteroatoms. The van der Waals surface area contributed by atoms with Gasteiger partial charge in [-0.15, -0.1) is 0 Å². The lowest BCUT2D eigenvalue weighted by molar-refractivity contribution is -0.125. The molecule has 2 rings (SSSR count). The van der Waals surface area contributed by atoms with E-state index in [0.29, 0.717) is 25.9 Å². The molecule has 5 nitrogen and oxygen atoms in total. The van der Waals surface area contributed by atoms with Crippen molar-refractivity contribution in [1.29, 1.82) is 0 Å². The van der Waals surface area contributed by atoms with Crippen molar-refractivity contribution < 1.29 is 19.1 Å². The number of phenols is 1. The third-order valence-electron chi connectivity index (χ3n) is 3.83. The minimum atomic E-state index is -0.547. The van der Waals surface area contributed by atoms with Crippen LogP contribution in [0.5, 0.6) is 5.75 Å². The zero-order valence-corrected chi connectivity index (χ0v) is 11.9. The number of hydrogen-bond donors (Lipinski definition) is 2. The van der Waals surface area contributed by atoms with Gasteiger partial charge in [0.2, 0.25) is 5.91 Å². The third-order valence-corrected chi connectivity index (χ3v) is 3.83. The number of phenolic OH excluding ortho intramolecular Hbond substituents is 1. The molecule has 21 heavy (non-hydrogen) atoms. The molecule has 1 amide bonds. The van der Waals surface area contributed by atoms with Gasteiger partial charge in [0.15, 0.2) is 5.78 Å². The number of carbonyl (C=O) groups excluding carboxylic acids is 2. The Morgan fingerprint density at radius 1 is 1.38 bits per heavy atom. The number of nitrogens with one attached hydrogen (secondary N) is 1. The van der Waals surface area contributed by atoms with E-state index in [2.05, 4.69) is 5.32 Å². The van der Waals surface area contributed by atoms with Crippen molar-refractivity contribution in [3.05, 3.63) is 29.6 Å². The van der Waals surface area contributed by atoms with Gasteiger partial charge in [-0.05, 0) is 44.1 Å². The Hall–Kier alpha value is -1.95. The molecular formula is C15H19FN2O3. The zero-order valence-electron chi connectivity index (χ0n) is 11.9. The minimum Gasteiger partial charge on any atom is -0.507 e. The number of benzene rings is 1. The predicted molar refractivity (Wildman–Crippen MR) is 75.6 cm³/mol. The van der Waals surface area contributed by atoms with E-state index in [1.54, 1.807) is 7.05 Å². The van der Waals surface area contributed by atoms with Crippen molar-refractivity contribution in [2.75, 3.05) is 26.7 Å². The van der Waals surface area contributed by atoms with Crippen LogP contribution in [-0.2, 0) is 4.79 Å². The molecular weight excluding hydrogens is 275 g/mol. The Morgan fingerprint density at radius 3 is 2.67 bits per heavy atom. The zero-order chi connectivity index (χ0) is 15.4. The van der Waals surface area contributed by atoms with E-state index in [9.17, 15) is 19.1 Å². The first-order chi connectivity index (χ1) is 10.0. The van der Waals surface area contributed by atoms with Crippen molar-refractivity contribution in [3.63, 3.8) is 0 Å². The third kappa shape index (κ3) is 3.78. The molecule has 1 heterocycles. The fourth-order valence-corrected chi connectivity index (χ4v) is 2.58. The Bertz CT molecular complexity index is 540. The minimum absolute atomic E-state index is 0.00317. The lowest BCUT2D eigenvalue weighted by atomic mass is 9.95. The number of carbonyl (C=O) groups is 2. The molecule has 114 valence electrons. The summed E-state index contributed by atoms with van der Waals surface area (Å²) in [6.07, 6.45) is 1.39. The highest BCUT2D eigenvalue weighted by Crippen LogP contribution is 2.21. The molecule has 0 atom stereocenters. The topological polar surface area (TPSA) is 69.6 Å². The summed E-state index contributed by atoms with van der Waals surface area (Å²) in [4.78, 5) is 25.6. The Morgan fingerprint density at radius 2 is 2.05 bits per heavy atom. The number of halogens is 1. The van der Waals surface area contributed by atoms with Gasteiger partial charge in [0.05, 0.1) is 12.1 Å². The van der Waals surface area contributed by atoms with Crippen LogP contribution in [0.25, 0.3) is 0 Å². The maximum atomic E-state index is 13.1. The van der Waals surface area contributed by atoms with Gasteiger partial charge in [-0.3, -0.25) is 14.5 Å². The number of piperidine rings is 1. The van der Waals surface area contributed by atoms with Gasteiger partial charge < -0.3 is 10.4 Å². The highest BCUT2D eigenvalue weighted by Gasteiger charge is 2.25. The van der Waals surface area contributed by atoms with Crippen LogP contribution in [0.1, 0.15) is 23.2 Å². The Balaban J connectivity index is 1.93. The molecule has 0 aliphatic carbocycles. The summed E-state index contributed by atoms with van der Waals surface area (Å²) >= 11 is 0. The molecule has 1 aromatic carbocycles. The van der Waals surface area contributed by atoms with Gasteiger partial charge in [-0.25, -0.2) is 4.39 Å². The quantitative estimate of drug-likeness (QED) is 0.818. The number of likely N-dealkylation sites (tertiary alicyclic amines) is 1. The molecule has 1 aliphatic rings. The number of Topliss-reactive ketones (excluding diaryl/α,β-unsaturated/α-hetero) is 1. The molecule has 0 unspecified atom stereocenters. The van der Waals surface area contributed by atoms with Gasteiger partial charge in [-0.2, -0.15) is 0 Å². The summed E-state index contributed by atoms with van der Waals surface area (Å²) in [6, 6.07) is 3.34. The van der Waals surface area contributed by atoms with Gasteiger partial charge in [0.1, 0.15) is 11.6 Å². The van der Waals surface area contributed by atoms with E-state index < -0.39 is 5.82 Å². The van der Waals surface area contributed by atoms with Crippen LogP contribution in [0, 0.1) is 11.7 Å². The van der Waals surface area contributed by atoms with E-state index in [0.717, 1.165) is 12.1 Å². The van der Waals surface area contributed by atoms with E-state index in [-0.39, 0.29) is 35.5 Å². The molecule has 1 fully saturated rings. The normalized spacial score (nSPS) is 16.7. The Labute approximate surface area is 122 Å². The first-order valence-corrected chi connectivity index (χ1v) is 6.97. The van der Waals surface area contributed by atoms with Crippen LogP contribution >= 0.6 is 0 Å². The highest BCUT2D eigenvalue weighted by atomic mass is 19.1. The van der Waals surface area contributed by atoms with Crippen LogP contribution in [0.3, 0.4) is 0 Å². The summed E-state index contributed by atoms with van der Waals surface area (Å²) in [5, 5.41) is 12.3. The van der Waals surface area contributed by atoms with Crippen LogP contribution in [-0.4, -0.2) is 48.4 Å². The lowest BCUT2D eigenvalue weighted by Gasteiger charge is -2.30. The summed E-state index contributed by atoms with van der Waals surface area (Å²) in [7, 11) is 1.62. The number of aromatic hydroxyl groups is 1. The van der Waals surface area contributed by atoms with Gasteiger partial charge in [0, 0.05) is 13.0 Å². The van der Waals surface area contributed by atoms with Crippen LogP contribution in [0.15, 0.2) is 18.2 Å². The van der Waals surface area contributed by atoms with Crippen molar-refractivity contribution in [1.82, 2.24) is 10.2 Å². The number of rotatable bonds is 4. The fraction of sp³-hybridized carbons (Fsp3) is 0.467. The van der Waals surface area contributed by atoms with Gasteiger partial charge in [0.25, 0.3) is 0 Å². The largest absolute Gasteiger partial charge is 0.507 e. The summed E-state index contributed by atoms with van der Waals surface area (Å²) in [5.74, 6) is -1.05. The maximum Gasteiger partial charge on any atom is 0.222 e. The molecule has 0 saturated carbocycles. The van der Waals surface area contributed by atoms with E-state index in [1.807, 2.05) is 4.90 Å². The summed E-state index contributed by atoms with van der Waals surface area (Å²) < 4.78 is 13.1. The lowest BCUT2D eigenvalue weighted by Crippen LogP contribution is -2.41. The SMILES string of the molecule is CNC(=O)C1CCN(CC(=O)c2cc(F)ccc2O)CC1. The summed E-state index contributed by atoms with van der Waals surface area (Å²) in [5.41, 5.74) is 0.00317. The van der Waals surface area contributed by atoms with Crippen molar-refractivity contribution in [2.45, 2.75) is 12.8 Å². The first-order valence-electron chi connectivity index (χ1n) is 6.97. The number of nitrogens with zero attached hydrogens (tertiary/aromatic N) is 1. The second-order valence-electron chi connectivity index (χ2n) is 5.25. The molecule has 1 aliphatic heterocycles. The average molecular weight is 294 g/mol. The van der Waals surface area contributed by atoms with Crippen molar-refractivity contribution in [3.8, 4) is 5.75 Å². The van der Waals surface area contributed by atoms with Crippen LogP contribution in [0.2, 0.25) is 0 Å². The standard InChI is InChI=1S/C15H19FN2O3/c1-17-15(21)10-4-6-18(7-5-10)9-14(20)12-8-11(16)2-3-13(12)19/h2-3,8,10,19H,4-7,9H2,1H3,(H,17,21). The van der Waals surface area contributed by atoms with E-state index >= 15 is 0 Å². The molecule has 1 aromatic rings. The number of ketones is 1. The number of amides is 1. The Kier molecular flexibility index (Phi) is 4.90. The average Bonchev–Trinajstić information content (AvgIpc) is 2.49. The maximum absolute atomic E-state index is 13.1. The molecule has 0 spiro atoms. The molecule has 1 saturated heterocycles. The van der Waals surface area contributed by atoms with Crippen LogP contribution < -0.4 is 5.32 Å². The van der Waals surface area contributed by atoms with Crippen molar-refractivity contribution >= 4 is 11.7 Å². The second kappa shape index (κ2) is 6.67. The smallest absolute Gasteiger partial charge is 0.222 e. The highest BCUT2D eigenvalue weighted by molar-refractivity contribution is 6.00. The number of hydrogen-bond acceptors (Lipinski definition) is 4. The summed E-state index contributed by atoms with van der Waals surface area (Å²) in [6.45, 7) is 1.40. The molecule has 0 radical (unpaired) electrons. The molecule has 0 bridgehead atoms. The van der Waals surface area contributed by atoms with E-state index in [4.69, 9.17) is 0 Å². The van der Waals surface area contributed by atoms with Gasteiger partial charge in [-0.1, -0.05) is 0 Å². The van der Waals surface area contributed by atoms with Crippen LogP contribution in [0.4, 0.5) is 4.39 Å². The van der Waals surface area contributed by atoms with Crippen molar-refractivity contribution in [2.24, 2.45) is 5.92 Å². The first kappa shape index (κ1) is 15.4. The van der Waals surface area contributed by atoms with Gasteiger partial charge >= 0.3 is 0 Å². The fourth-order valence-electron chi connectivity index (χ4n) is 2.58.